The standard InChI is InChI=1S/C15H25N3O2/c1-3-18-11-16-10-13(18)14(15(19)20-4-2)17-12-8-6-5-7-9-12/h10-12,14,17H,3-9H2,1-2H3. The van der Waals surface area contributed by atoms with Crippen LogP contribution < -0.4 is 5.32 Å². The molecular formula is C15H25N3O2. The molecule has 0 spiro atoms. The number of nitrogens with zero attached hydrogens (tertiary/aromatic N) is 2. The van der Waals surface area contributed by atoms with Crippen molar-refractivity contribution in [3.05, 3.63) is 18.2 Å². The van der Waals surface area contributed by atoms with Crippen LogP contribution in [0.25, 0.3) is 0 Å². The number of hydrogen-bond donors (Lipinski definition) is 1. The van der Waals surface area contributed by atoms with Gasteiger partial charge >= 0.3 is 5.97 Å². The van der Waals surface area contributed by atoms with Gasteiger partial charge in [-0.25, -0.2) is 9.78 Å². The number of hydrogen-bond acceptors (Lipinski definition) is 4. The van der Waals surface area contributed by atoms with Gasteiger partial charge in [-0.15, -0.1) is 0 Å². The summed E-state index contributed by atoms with van der Waals surface area (Å²) in [6.07, 6.45) is 9.58. The molecule has 0 bridgehead atoms. The van der Waals surface area contributed by atoms with E-state index in [9.17, 15) is 4.79 Å². The first-order valence-corrected chi connectivity index (χ1v) is 7.69. The van der Waals surface area contributed by atoms with Crippen LogP contribution in [-0.2, 0) is 16.1 Å². The molecule has 0 radical (unpaired) electrons. The predicted molar refractivity (Wildman–Crippen MR) is 77.3 cm³/mol. The lowest BCUT2D eigenvalue weighted by Crippen LogP contribution is -2.40. The van der Waals surface area contributed by atoms with Gasteiger partial charge < -0.3 is 9.30 Å². The molecule has 5 nitrogen and oxygen atoms in total. The van der Waals surface area contributed by atoms with E-state index in [1.54, 1.807) is 12.5 Å². The van der Waals surface area contributed by atoms with Crippen LogP contribution in [0.1, 0.15) is 57.7 Å². The van der Waals surface area contributed by atoms with E-state index < -0.39 is 6.04 Å². The van der Waals surface area contributed by atoms with E-state index in [4.69, 9.17) is 4.74 Å². The first-order valence-electron chi connectivity index (χ1n) is 7.69. The van der Waals surface area contributed by atoms with Crippen molar-refractivity contribution in [2.45, 2.75) is 64.6 Å². The molecule has 1 unspecified atom stereocenters. The molecule has 0 aromatic carbocycles. The molecule has 1 aliphatic carbocycles. The zero-order valence-electron chi connectivity index (χ0n) is 12.5. The van der Waals surface area contributed by atoms with Crippen LogP contribution in [0, 0.1) is 0 Å². The molecule has 5 heteroatoms. The van der Waals surface area contributed by atoms with Crippen molar-refractivity contribution in [2.75, 3.05) is 6.61 Å². The summed E-state index contributed by atoms with van der Waals surface area (Å²) < 4.78 is 7.22. The van der Waals surface area contributed by atoms with Gasteiger partial charge in [0.2, 0.25) is 0 Å². The lowest BCUT2D eigenvalue weighted by molar-refractivity contribution is -0.146. The van der Waals surface area contributed by atoms with Crippen molar-refractivity contribution >= 4 is 5.97 Å². The van der Waals surface area contributed by atoms with E-state index in [1.165, 1.54) is 19.3 Å². The molecule has 1 aromatic rings. The topological polar surface area (TPSA) is 56.1 Å². The minimum atomic E-state index is -0.402. The summed E-state index contributed by atoms with van der Waals surface area (Å²) in [6.45, 7) is 5.10. The average Bonchev–Trinajstić information content (AvgIpc) is 2.94. The highest BCUT2D eigenvalue weighted by Crippen LogP contribution is 2.22. The number of ether oxygens (including phenoxy) is 1. The molecule has 20 heavy (non-hydrogen) atoms. The Morgan fingerprint density at radius 3 is 2.85 bits per heavy atom. The summed E-state index contributed by atoms with van der Waals surface area (Å²) in [5.74, 6) is -0.201. The Hall–Kier alpha value is -1.36. The molecule has 112 valence electrons. The summed E-state index contributed by atoms with van der Waals surface area (Å²) in [5, 5.41) is 3.48. The zero-order chi connectivity index (χ0) is 14.4. The second-order valence-electron chi connectivity index (χ2n) is 5.29. The number of carbonyl (C=O) groups excluding carboxylic acids is 1. The highest BCUT2D eigenvalue weighted by Gasteiger charge is 2.28. The Bertz CT molecular complexity index is 425. The van der Waals surface area contributed by atoms with Crippen molar-refractivity contribution in [1.29, 1.82) is 0 Å². The molecule has 0 aliphatic heterocycles. The van der Waals surface area contributed by atoms with Gasteiger partial charge in [-0.3, -0.25) is 5.32 Å². The van der Waals surface area contributed by atoms with Gasteiger partial charge in [0.25, 0.3) is 0 Å². The van der Waals surface area contributed by atoms with Crippen LogP contribution in [0.2, 0.25) is 0 Å². The zero-order valence-corrected chi connectivity index (χ0v) is 12.5. The largest absolute Gasteiger partial charge is 0.465 e. The summed E-state index contributed by atoms with van der Waals surface area (Å²) >= 11 is 0. The molecule has 1 saturated carbocycles. The summed E-state index contributed by atoms with van der Waals surface area (Å²) in [4.78, 5) is 16.4. The van der Waals surface area contributed by atoms with E-state index in [0.717, 1.165) is 25.1 Å². The van der Waals surface area contributed by atoms with Gasteiger partial charge in [-0.1, -0.05) is 19.3 Å². The van der Waals surface area contributed by atoms with Gasteiger partial charge in [0, 0.05) is 12.6 Å². The fourth-order valence-electron chi connectivity index (χ4n) is 2.84. The SMILES string of the molecule is CCOC(=O)C(NC1CCCCC1)c1cncn1CC. The number of nitrogens with one attached hydrogen (secondary N) is 1. The molecule has 0 amide bonds. The lowest BCUT2D eigenvalue weighted by Gasteiger charge is -2.27. The number of esters is 1. The smallest absolute Gasteiger partial charge is 0.329 e. The van der Waals surface area contributed by atoms with Crippen molar-refractivity contribution < 1.29 is 9.53 Å². The molecule has 1 aliphatic rings. The predicted octanol–water partition coefficient (Wildman–Crippen LogP) is 2.43. The Labute approximate surface area is 120 Å². The second-order valence-corrected chi connectivity index (χ2v) is 5.29. The minimum Gasteiger partial charge on any atom is -0.465 e. The first-order chi connectivity index (χ1) is 9.76. The molecular weight excluding hydrogens is 254 g/mol. The van der Waals surface area contributed by atoms with E-state index in [-0.39, 0.29) is 5.97 Å². The van der Waals surface area contributed by atoms with Crippen LogP contribution in [-0.4, -0.2) is 28.2 Å². The number of aromatic nitrogens is 2. The van der Waals surface area contributed by atoms with E-state index in [1.807, 2.05) is 18.4 Å². The summed E-state index contributed by atoms with van der Waals surface area (Å²) in [5.41, 5.74) is 0.900. The fourth-order valence-corrected chi connectivity index (χ4v) is 2.84. The third-order valence-corrected chi connectivity index (χ3v) is 3.91. The van der Waals surface area contributed by atoms with Crippen LogP contribution in [0.3, 0.4) is 0 Å². The van der Waals surface area contributed by atoms with E-state index >= 15 is 0 Å². The maximum absolute atomic E-state index is 12.3. The normalized spacial score (nSPS) is 17.9. The Balaban J connectivity index is 2.13. The second kappa shape index (κ2) is 7.43. The maximum Gasteiger partial charge on any atom is 0.329 e. The quantitative estimate of drug-likeness (QED) is 0.813. The van der Waals surface area contributed by atoms with Crippen molar-refractivity contribution in [1.82, 2.24) is 14.9 Å². The number of aryl methyl sites for hydroxylation is 1. The Kier molecular flexibility index (Phi) is 5.59. The third-order valence-electron chi connectivity index (χ3n) is 3.91. The van der Waals surface area contributed by atoms with Gasteiger partial charge in [0.15, 0.2) is 0 Å². The van der Waals surface area contributed by atoms with Crippen LogP contribution in [0.4, 0.5) is 0 Å². The molecule has 1 atom stereocenters. The average molecular weight is 279 g/mol. The van der Waals surface area contributed by atoms with Crippen molar-refractivity contribution in [2.24, 2.45) is 0 Å². The van der Waals surface area contributed by atoms with Crippen LogP contribution in [0.5, 0.6) is 0 Å². The number of imidazole rings is 1. The van der Waals surface area contributed by atoms with E-state index in [0.29, 0.717) is 12.6 Å². The summed E-state index contributed by atoms with van der Waals surface area (Å²) in [6, 6.07) is -0.00105. The number of carbonyl (C=O) groups is 1. The van der Waals surface area contributed by atoms with Gasteiger partial charge in [0.1, 0.15) is 6.04 Å². The number of rotatable bonds is 6. The van der Waals surface area contributed by atoms with Crippen molar-refractivity contribution in [3.8, 4) is 0 Å². The molecule has 1 aromatic heterocycles. The highest BCUT2D eigenvalue weighted by molar-refractivity contribution is 5.77. The van der Waals surface area contributed by atoms with Gasteiger partial charge in [-0.2, -0.15) is 0 Å². The first kappa shape index (κ1) is 15.0. The minimum absolute atomic E-state index is 0.201. The van der Waals surface area contributed by atoms with Crippen molar-refractivity contribution in [3.63, 3.8) is 0 Å². The van der Waals surface area contributed by atoms with Crippen LogP contribution in [0.15, 0.2) is 12.5 Å². The van der Waals surface area contributed by atoms with Gasteiger partial charge in [-0.05, 0) is 26.7 Å². The van der Waals surface area contributed by atoms with E-state index in [2.05, 4.69) is 10.3 Å². The summed E-state index contributed by atoms with van der Waals surface area (Å²) in [7, 11) is 0. The Morgan fingerprint density at radius 1 is 1.45 bits per heavy atom. The molecule has 0 saturated heterocycles. The van der Waals surface area contributed by atoms with Crippen LogP contribution >= 0.6 is 0 Å². The fraction of sp³-hybridized carbons (Fsp3) is 0.733. The maximum atomic E-state index is 12.3. The monoisotopic (exact) mass is 279 g/mol. The Morgan fingerprint density at radius 2 is 2.20 bits per heavy atom. The lowest BCUT2D eigenvalue weighted by atomic mass is 9.94. The molecule has 2 rings (SSSR count). The van der Waals surface area contributed by atoms with Gasteiger partial charge in [0.05, 0.1) is 24.8 Å². The molecule has 1 N–H and O–H groups in total. The molecule has 1 fully saturated rings. The highest BCUT2D eigenvalue weighted by atomic mass is 16.5. The molecule has 1 heterocycles. The third kappa shape index (κ3) is 3.60.